The van der Waals surface area contributed by atoms with Crippen LogP contribution in [-0.2, 0) is 4.79 Å². The van der Waals surface area contributed by atoms with E-state index in [1.165, 1.54) is 19.1 Å². The van der Waals surface area contributed by atoms with Crippen molar-refractivity contribution in [2.45, 2.75) is 12.5 Å². The van der Waals surface area contributed by atoms with E-state index in [2.05, 4.69) is 9.84 Å². The molecule has 0 unspecified atom stereocenters. The number of benzene rings is 1. The van der Waals surface area contributed by atoms with E-state index in [0.29, 0.717) is 11.4 Å². The first kappa shape index (κ1) is 20.7. The van der Waals surface area contributed by atoms with E-state index in [-0.39, 0.29) is 5.91 Å². The van der Waals surface area contributed by atoms with Crippen LogP contribution in [0.25, 0.3) is 0 Å². The monoisotopic (exact) mass is 336 g/mol. The normalized spacial score (nSPS) is 10.7. The van der Waals surface area contributed by atoms with Gasteiger partial charge >= 0.3 is 8.60 Å². The summed E-state index contributed by atoms with van der Waals surface area (Å²) in [5.41, 5.74) is 4.57. The van der Waals surface area contributed by atoms with E-state index < -0.39 is 34.0 Å². The zero-order valence-corrected chi connectivity index (χ0v) is 12.9. The summed E-state index contributed by atoms with van der Waals surface area (Å²) >= 11 is 0. The summed E-state index contributed by atoms with van der Waals surface area (Å²) < 4.78 is 4.64. The second kappa shape index (κ2) is 10.4. The van der Waals surface area contributed by atoms with Crippen LogP contribution < -0.4 is 15.6 Å². The molecule has 126 valence electrons. The number of amides is 1. The molecule has 22 heavy (non-hydrogen) atoms. The lowest BCUT2D eigenvalue weighted by atomic mass is 10.1. The summed E-state index contributed by atoms with van der Waals surface area (Å²) in [5, 5.41) is 27.6. The number of anilines is 1. The predicted octanol–water partition coefficient (Wildman–Crippen LogP) is -1.10. The summed E-state index contributed by atoms with van der Waals surface area (Å²) in [6, 6.07) is 6.28. The van der Waals surface area contributed by atoms with Gasteiger partial charge in [0.1, 0.15) is 5.75 Å². The number of aliphatic hydroxyl groups excluding tert-OH is 3. The van der Waals surface area contributed by atoms with Crippen molar-refractivity contribution in [1.29, 1.82) is 0 Å². The maximum Gasteiger partial charge on any atom is 0.391 e. The lowest BCUT2D eigenvalue weighted by molar-refractivity contribution is -0.114. The van der Waals surface area contributed by atoms with Gasteiger partial charge < -0.3 is 40.7 Å². The van der Waals surface area contributed by atoms with Crippen LogP contribution in [0.2, 0.25) is 0 Å². The van der Waals surface area contributed by atoms with Crippen LogP contribution in [0, 0.1) is 0 Å². The van der Waals surface area contributed by atoms with Crippen molar-refractivity contribution < 1.29 is 34.4 Å². The smallest absolute Gasteiger partial charge is 0.391 e. The van der Waals surface area contributed by atoms with E-state index >= 15 is 0 Å². The maximum atomic E-state index is 10.7. The van der Waals surface area contributed by atoms with E-state index in [1.807, 2.05) is 0 Å². The Morgan fingerprint density at radius 1 is 1.18 bits per heavy atom. The quantitative estimate of drug-likeness (QED) is 0.321. The summed E-state index contributed by atoms with van der Waals surface area (Å²) in [5.74, 6) is 0.181. The van der Waals surface area contributed by atoms with Crippen LogP contribution >= 0.6 is 8.60 Å². The summed E-state index contributed by atoms with van der Waals surface area (Å²) in [7, 11) is -2.39. The van der Waals surface area contributed by atoms with Crippen molar-refractivity contribution in [3.63, 3.8) is 0 Å². The number of rotatable bonds is 6. The second-order valence-corrected chi connectivity index (χ2v) is 5.07. The van der Waals surface area contributed by atoms with Gasteiger partial charge in [0.05, 0.1) is 25.4 Å². The third kappa shape index (κ3) is 8.85. The second-order valence-electron chi connectivity index (χ2n) is 4.39. The molecule has 0 saturated carbocycles. The van der Waals surface area contributed by atoms with E-state index in [1.54, 1.807) is 12.1 Å². The maximum absolute atomic E-state index is 10.7. The van der Waals surface area contributed by atoms with Crippen molar-refractivity contribution in [1.82, 2.24) is 0 Å². The first-order valence-electron chi connectivity index (χ1n) is 6.11. The molecule has 0 saturated heterocycles. The molecule has 9 nitrogen and oxygen atoms in total. The lowest BCUT2D eigenvalue weighted by Gasteiger charge is -2.20. The zero-order valence-electron chi connectivity index (χ0n) is 12.0. The van der Waals surface area contributed by atoms with E-state index in [9.17, 15) is 4.79 Å². The van der Waals surface area contributed by atoms with E-state index in [4.69, 9.17) is 30.8 Å². The highest BCUT2D eigenvalue weighted by Crippen LogP contribution is 2.29. The third-order valence-electron chi connectivity index (χ3n) is 2.31. The van der Waals surface area contributed by atoms with Gasteiger partial charge in [0, 0.05) is 12.6 Å². The molecule has 1 aromatic rings. The Morgan fingerprint density at radius 3 is 1.91 bits per heavy atom. The Bertz CT molecular complexity index is 429. The fourth-order valence-corrected chi connectivity index (χ4v) is 1.36. The van der Waals surface area contributed by atoms with Crippen LogP contribution in [0.4, 0.5) is 5.69 Å². The van der Waals surface area contributed by atoms with Gasteiger partial charge in [0.2, 0.25) is 5.91 Å². The van der Waals surface area contributed by atoms with Gasteiger partial charge in [-0.25, -0.2) is 0 Å². The molecule has 0 atom stereocenters. The van der Waals surface area contributed by atoms with Crippen LogP contribution in [0.15, 0.2) is 24.3 Å². The molecule has 1 amide bonds. The fourth-order valence-electron chi connectivity index (χ4n) is 1.05. The Labute approximate surface area is 129 Å². The molecule has 0 aliphatic carbocycles. The summed E-state index contributed by atoms with van der Waals surface area (Å²) in [6.45, 7) is 0.200. The molecule has 0 aromatic heterocycles. The highest BCUT2D eigenvalue weighted by Gasteiger charge is 2.20. The van der Waals surface area contributed by atoms with Crippen molar-refractivity contribution in [3.8, 4) is 5.75 Å². The minimum absolute atomic E-state index is 0.162. The van der Waals surface area contributed by atoms with Crippen LogP contribution in [-0.4, -0.2) is 56.4 Å². The van der Waals surface area contributed by atoms with Crippen molar-refractivity contribution >= 4 is 20.2 Å². The van der Waals surface area contributed by atoms with Crippen LogP contribution in [0.5, 0.6) is 5.75 Å². The number of aliphatic hydroxyl groups is 3. The van der Waals surface area contributed by atoms with Gasteiger partial charge in [-0.05, 0) is 24.3 Å². The summed E-state index contributed by atoms with van der Waals surface area (Å²) in [6.07, 6.45) is 0. The van der Waals surface area contributed by atoms with E-state index in [0.717, 1.165) is 0 Å². The molecule has 0 bridgehead atoms. The van der Waals surface area contributed by atoms with Crippen molar-refractivity contribution in [2.75, 3.05) is 25.1 Å². The molecular weight excluding hydrogens is 315 g/mol. The van der Waals surface area contributed by atoms with Gasteiger partial charge in [-0.15, -0.1) is 0 Å². The standard InChI is InChI=1S/C8H10NO4P.C4H11NO3/c1-6(10)9-7-2-4-8(5-3-7)13-14(11)12;5-4(1-6,2-7)3-8/h2-5,11-12H,1H3,(H,9,10);6-8H,1-3,5H2. The largest absolute Gasteiger partial charge is 0.427 e. The summed E-state index contributed by atoms with van der Waals surface area (Å²) in [4.78, 5) is 27.8. The number of hydrogen-bond acceptors (Lipinski definition) is 8. The molecule has 0 aliphatic heterocycles. The van der Waals surface area contributed by atoms with Gasteiger partial charge in [0.15, 0.2) is 0 Å². The first-order chi connectivity index (χ1) is 10.3. The molecule has 1 rings (SSSR count). The SMILES string of the molecule is CC(=O)Nc1ccc(OP(O)O)cc1.NC(CO)(CO)CO. The van der Waals surface area contributed by atoms with Gasteiger partial charge in [0.25, 0.3) is 0 Å². The fraction of sp³-hybridized carbons (Fsp3) is 0.417. The minimum atomic E-state index is -2.39. The predicted molar refractivity (Wildman–Crippen MR) is 80.9 cm³/mol. The molecule has 10 heteroatoms. The highest BCUT2D eigenvalue weighted by molar-refractivity contribution is 7.39. The Kier molecular flexibility index (Phi) is 9.79. The van der Waals surface area contributed by atoms with Crippen LogP contribution in [0.1, 0.15) is 6.92 Å². The van der Waals surface area contributed by atoms with Gasteiger partial charge in [-0.3, -0.25) is 4.79 Å². The molecule has 0 heterocycles. The van der Waals surface area contributed by atoms with Gasteiger partial charge in [-0.1, -0.05) is 0 Å². The number of hydrogen-bond donors (Lipinski definition) is 7. The molecular formula is C12H21N2O7P. The number of carbonyl (C=O) groups excluding carboxylic acids is 1. The highest BCUT2D eigenvalue weighted by atomic mass is 31.2. The molecule has 0 fully saturated rings. The number of nitrogens with one attached hydrogen (secondary N) is 1. The Balaban J connectivity index is 0.000000472. The Morgan fingerprint density at radius 2 is 1.64 bits per heavy atom. The van der Waals surface area contributed by atoms with Crippen LogP contribution in [0.3, 0.4) is 0 Å². The molecule has 0 aliphatic rings. The van der Waals surface area contributed by atoms with Crippen molar-refractivity contribution in [2.24, 2.45) is 5.73 Å². The number of nitrogens with two attached hydrogens (primary N) is 1. The Hall–Kier alpha value is -1.32. The average molecular weight is 336 g/mol. The number of carbonyl (C=O) groups is 1. The third-order valence-corrected chi connectivity index (χ3v) is 2.68. The van der Waals surface area contributed by atoms with Crippen molar-refractivity contribution in [3.05, 3.63) is 24.3 Å². The molecule has 0 radical (unpaired) electrons. The average Bonchev–Trinajstić information content (AvgIpc) is 2.48. The minimum Gasteiger partial charge on any atom is -0.427 e. The molecule has 1 aromatic carbocycles. The van der Waals surface area contributed by atoms with Gasteiger partial charge in [-0.2, -0.15) is 0 Å². The zero-order chi connectivity index (χ0) is 17.2. The topological polar surface area (TPSA) is 166 Å². The lowest BCUT2D eigenvalue weighted by Crippen LogP contribution is -2.50. The molecule has 0 spiro atoms. The first-order valence-corrected chi connectivity index (χ1v) is 7.28. The molecule has 8 N–H and O–H groups in total.